The highest BCUT2D eigenvalue weighted by Crippen LogP contribution is 2.13. The maximum atomic E-state index is 11.0. The van der Waals surface area contributed by atoms with Gasteiger partial charge >= 0.3 is 11.9 Å². The van der Waals surface area contributed by atoms with Crippen molar-refractivity contribution in [1.82, 2.24) is 0 Å². The Morgan fingerprint density at radius 2 is 0.816 bits per heavy atom. The Kier molecular flexibility index (Phi) is 34.9. The van der Waals surface area contributed by atoms with Gasteiger partial charge in [-0.3, -0.25) is 4.79 Å². The van der Waals surface area contributed by atoms with Crippen LogP contribution >= 0.6 is 0 Å². The number of carboxylic acids is 1. The number of carbonyl (C=O) groups excluding carboxylic acids is 1. The van der Waals surface area contributed by atoms with Gasteiger partial charge in [-0.25, -0.2) is 4.79 Å². The Labute approximate surface area is 236 Å². The van der Waals surface area contributed by atoms with Gasteiger partial charge in [-0.15, -0.1) is 0 Å². The van der Waals surface area contributed by atoms with E-state index in [1.54, 1.807) is 0 Å². The van der Waals surface area contributed by atoms with Gasteiger partial charge in [0.15, 0.2) is 0 Å². The van der Waals surface area contributed by atoms with E-state index < -0.39 is 18.0 Å². The lowest BCUT2D eigenvalue weighted by atomic mass is 10.0. The second kappa shape index (κ2) is 33.9. The van der Waals surface area contributed by atoms with E-state index in [1.807, 2.05) is 0 Å². The third kappa shape index (κ3) is 37.1. The van der Waals surface area contributed by atoms with E-state index in [4.69, 9.17) is 14.9 Å². The van der Waals surface area contributed by atoms with Crippen LogP contribution in [0, 0.1) is 0 Å². The van der Waals surface area contributed by atoms with E-state index in [0.717, 1.165) is 25.7 Å². The molecule has 1 atom stereocenters. The smallest absolute Gasteiger partial charge is 0.334 e. The molecule has 0 aliphatic carbocycles. The van der Waals surface area contributed by atoms with Crippen LogP contribution in [0.3, 0.4) is 0 Å². The molecule has 0 heterocycles. The summed E-state index contributed by atoms with van der Waals surface area (Å²) in [6, 6.07) is 0. The largest absolute Gasteiger partial charge is 0.481 e. The first-order valence-electron chi connectivity index (χ1n) is 16.5. The number of rotatable bonds is 28. The van der Waals surface area contributed by atoms with Gasteiger partial charge in [0.05, 0.1) is 6.61 Å². The first-order valence-corrected chi connectivity index (χ1v) is 16.5. The zero-order valence-electron chi connectivity index (χ0n) is 25.8. The van der Waals surface area contributed by atoms with Gasteiger partial charge < -0.3 is 14.9 Å². The topological polar surface area (TPSA) is 83.8 Å². The molecule has 0 saturated heterocycles. The van der Waals surface area contributed by atoms with Crippen molar-refractivity contribution in [2.45, 2.75) is 194 Å². The summed E-state index contributed by atoms with van der Waals surface area (Å²) in [5.41, 5.74) is 0. The number of aliphatic hydroxyl groups is 1. The van der Waals surface area contributed by atoms with Crippen LogP contribution in [0.15, 0.2) is 0 Å². The lowest BCUT2D eigenvalue weighted by Gasteiger charge is -2.06. The van der Waals surface area contributed by atoms with Gasteiger partial charge in [-0.1, -0.05) is 162 Å². The molecule has 0 fully saturated rings. The van der Waals surface area contributed by atoms with E-state index in [0.29, 0.717) is 13.0 Å². The summed E-state index contributed by atoms with van der Waals surface area (Å²) in [7, 11) is 0. The van der Waals surface area contributed by atoms with Crippen LogP contribution in [0.25, 0.3) is 0 Å². The van der Waals surface area contributed by atoms with E-state index >= 15 is 0 Å². The van der Waals surface area contributed by atoms with Gasteiger partial charge in [0.1, 0.15) is 6.10 Å². The van der Waals surface area contributed by atoms with E-state index in [2.05, 4.69) is 13.8 Å². The van der Waals surface area contributed by atoms with E-state index in [1.165, 1.54) is 142 Å². The van der Waals surface area contributed by atoms with Crippen molar-refractivity contribution in [3.63, 3.8) is 0 Å². The van der Waals surface area contributed by atoms with Crippen molar-refractivity contribution in [1.29, 1.82) is 0 Å². The van der Waals surface area contributed by atoms with Crippen LogP contribution in [0.2, 0.25) is 0 Å². The number of ether oxygens (including phenoxy) is 1. The summed E-state index contributed by atoms with van der Waals surface area (Å²) in [6.07, 6.45) is 31.8. The minimum atomic E-state index is -0.994. The average Bonchev–Trinajstić information content (AvgIpc) is 2.89. The van der Waals surface area contributed by atoms with Crippen molar-refractivity contribution in [2.24, 2.45) is 0 Å². The summed E-state index contributed by atoms with van der Waals surface area (Å²) >= 11 is 0. The fourth-order valence-corrected chi connectivity index (χ4v) is 4.53. The van der Waals surface area contributed by atoms with Crippen LogP contribution in [-0.2, 0) is 14.3 Å². The Bertz CT molecular complexity index is 478. The normalized spacial score (nSPS) is 11.6. The number of carbonyl (C=O) groups is 2. The monoisotopic (exact) mass is 542 g/mol. The van der Waals surface area contributed by atoms with Crippen molar-refractivity contribution in [3.05, 3.63) is 0 Å². The minimum absolute atomic E-state index is 0.344. The van der Waals surface area contributed by atoms with Crippen LogP contribution in [0.5, 0.6) is 0 Å². The lowest BCUT2D eigenvalue weighted by Crippen LogP contribution is -2.19. The molecule has 0 rings (SSSR count). The van der Waals surface area contributed by atoms with Crippen molar-refractivity contribution in [3.8, 4) is 0 Å². The Morgan fingerprint density at radius 3 is 1.11 bits per heavy atom. The molecule has 0 saturated carbocycles. The van der Waals surface area contributed by atoms with E-state index in [-0.39, 0.29) is 0 Å². The second-order valence-electron chi connectivity index (χ2n) is 11.1. The number of hydrogen-bond acceptors (Lipinski definition) is 4. The highest BCUT2D eigenvalue weighted by molar-refractivity contribution is 5.73. The third-order valence-electron chi connectivity index (χ3n) is 7.08. The number of aliphatic carboxylic acids is 1. The second-order valence-corrected chi connectivity index (χ2v) is 11.1. The SMILES string of the molecule is CCCCCCCCCCCCCC(=O)O.CCCCCCCCCCCCCCCCOC(=O)C(C)O. The predicted molar refractivity (Wildman–Crippen MR) is 162 cm³/mol. The summed E-state index contributed by atoms with van der Waals surface area (Å²) < 4.78 is 4.92. The van der Waals surface area contributed by atoms with Crippen LogP contribution < -0.4 is 0 Å². The predicted octanol–water partition coefficient (Wildman–Crippen LogP) is 10.2. The molecule has 0 radical (unpaired) electrons. The number of aliphatic hydroxyl groups excluding tert-OH is 1. The number of hydrogen-bond donors (Lipinski definition) is 2. The molecule has 0 aromatic rings. The standard InChI is InChI=1S/C19H38O3.C14H28O2/c1-3-4-5-6-7-8-9-10-11-12-13-14-15-16-17-22-19(21)18(2)20;1-2-3-4-5-6-7-8-9-10-11-12-13-14(15)16/h18,20H,3-17H2,1-2H3;2-13H2,1H3,(H,15,16). The quantitative estimate of drug-likeness (QED) is 0.0759. The van der Waals surface area contributed by atoms with Gasteiger partial charge in [0.25, 0.3) is 0 Å². The molecule has 38 heavy (non-hydrogen) atoms. The van der Waals surface area contributed by atoms with Gasteiger partial charge in [-0.2, -0.15) is 0 Å². The van der Waals surface area contributed by atoms with Gasteiger partial charge in [-0.05, 0) is 19.8 Å². The molecule has 0 aromatic heterocycles. The molecule has 0 aromatic carbocycles. The number of esters is 1. The Morgan fingerprint density at radius 1 is 0.526 bits per heavy atom. The highest BCUT2D eigenvalue weighted by atomic mass is 16.5. The molecule has 0 bridgehead atoms. The molecule has 0 spiro atoms. The fourth-order valence-electron chi connectivity index (χ4n) is 4.53. The maximum absolute atomic E-state index is 11.0. The van der Waals surface area contributed by atoms with Crippen LogP contribution in [0.4, 0.5) is 0 Å². The van der Waals surface area contributed by atoms with Crippen LogP contribution in [0.1, 0.15) is 188 Å². The zero-order valence-corrected chi connectivity index (χ0v) is 25.8. The van der Waals surface area contributed by atoms with Crippen LogP contribution in [-0.4, -0.2) is 34.9 Å². The van der Waals surface area contributed by atoms with Crippen molar-refractivity contribution in [2.75, 3.05) is 6.61 Å². The fraction of sp³-hybridized carbons (Fsp3) is 0.939. The minimum Gasteiger partial charge on any atom is -0.481 e. The molecule has 0 amide bonds. The Hall–Kier alpha value is -1.10. The zero-order chi connectivity index (χ0) is 28.5. The lowest BCUT2D eigenvalue weighted by molar-refractivity contribution is -0.152. The molecular weight excluding hydrogens is 476 g/mol. The summed E-state index contributed by atoms with van der Waals surface area (Å²) in [4.78, 5) is 21.3. The first kappa shape index (κ1) is 39.0. The van der Waals surface area contributed by atoms with Gasteiger partial charge in [0, 0.05) is 6.42 Å². The molecular formula is C33H66O5. The highest BCUT2D eigenvalue weighted by Gasteiger charge is 2.08. The molecule has 5 nitrogen and oxygen atoms in total. The summed E-state index contributed by atoms with van der Waals surface area (Å²) in [5.74, 6) is -1.16. The molecule has 228 valence electrons. The Balaban J connectivity index is 0. The number of carboxylic acid groups (broad SMARTS) is 1. The third-order valence-corrected chi connectivity index (χ3v) is 7.08. The first-order chi connectivity index (χ1) is 18.5. The molecule has 1 unspecified atom stereocenters. The number of unbranched alkanes of at least 4 members (excludes halogenated alkanes) is 23. The molecule has 0 aliphatic heterocycles. The van der Waals surface area contributed by atoms with Crippen molar-refractivity contribution < 1.29 is 24.5 Å². The molecule has 2 N–H and O–H groups in total. The summed E-state index contributed by atoms with van der Waals surface area (Å²) in [5, 5.41) is 17.4. The maximum Gasteiger partial charge on any atom is 0.334 e. The average molecular weight is 543 g/mol. The summed E-state index contributed by atoms with van der Waals surface area (Å²) in [6.45, 7) is 6.40. The van der Waals surface area contributed by atoms with Crippen molar-refractivity contribution >= 4 is 11.9 Å². The van der Waals surface area contributed by atoms with E-state index in [9.17, 15) is 9.59 Å². The van der Waals surface area contributed by atoms with Gasteiger partial charge in [0.2, 0.25) is 0 Å². The molecule has 5 heteroatoms. The molecule has 0 aliphatic rings.